The lowest BCUT2D eigenvalue weighted by Gasteiger charge is -2.56. The van der Waals surface area contributed by atoms with Crippen molar-refractivity contribution in [2.75, 3.05) is 12.8 Å². The molecule has 4 bridgehead atoms. The van der Waals surface area contributed by atoms with E-state index in [-0.39, 0.29) is 5.54 Å². The molecule has 0 atom stereocenters. The van der Waals surface area contributed by atoms with Gasteiger partial charge in [0.05, 0.1) is 12.6 Å². The van der Waals surface area contributed by atoms with Crippen molar-refractivity contribution in [2.45, 2.75) is 44.1 Å². The zero-order chi connectivity index (χ0) is 12.3. The first-order chi connectivity index (χ1) is 8.68. The summed E-state index contributed by atoms with van der Waals surface area (Å²) in [5.74, 6) is 4.15. The number of nitrogen functional groups attached to an aromatic ring is 1. The lowest BCUT2D eigenvalue weighted by atomic mass is 9.53. The van der Waals surface area contributed by atoms with Crippen LogP contribution < -0.4 is 10.5 Å². The molecule has 1 heterocycles. The maximum atomic E-state index is 5.86. The number of methoxy groups -OCH3 is 1. The molecule has 0 saturated heterocycles. The molecule has 18 heavy (non-hydrogen) atoms. The molecule has 4 nitrogen and oxygen atoms in total. The Labute approximate surface area is 107 Å². The van der Waals surface area contributed by atoms with Crippen molar-refractivity contribution >= 4 is 5.82 Å². The fourth-order valence-corrected chi connectivity index (χ4v) is 5.19. The Balaban J connectivity index is 1.78. The minimum atomic E-state index is 0.206. The van der Waals surface area contributed by atoms with Crippen LogP contribution in [-0.4, -0.2) is 16.9 Å². The van der Waals surface area contributed by atoms with Gasteiger partial charge in [-0.3, -0.25) is 0 Å². The van der Waals surface area contributed by atoms with Crippen LogP contribution in [0.3, 0.4) is 0 Å². The number of nitrogens with two attached hydrogens (primary N) is 1. The quantitative estimate of drug-likeness (QED) is 0.873. The summed E-state index contributed by atoms with van der Waals surface area (Å²) in [5.41, 5.74) is 6.07. The van der Waals surface area contributed by atoms with Gasteiger partial charge in [-0.15, -0.1) is 0 Å². The highest BCUT2D eigenvalue weighted by atomic mass is 16.5. The molecule has 2 N–H and O–H groups in total. The average molecular weight is 247 g/mol. The van der Waals surface area contributed by atoms with Gasteiger partial charge in [0.15, 0.2) is 0 Å². The van der Waals surface area contributed by atoms with Crippen molar-refractivity contribution < 1.29 is 4.74 Å². The first-order valence-electron chi connectivity index (χ1n) is 7.08. The van der Waals surface area contributed by atoms with E-state index in [4.69, 9.17) is 10.5 Å². The van der Waals surface area contributed by atoms with Crippen molar-refractivity contribution in [1.82, 2.24) is 9.78 Å². The molecule has 0 aliphatic heterocycles. The lowest BCUT2D eigenvalue weighted by molar-refractivity contribution is -0.0523. The smallest absolute Gasteiger partial charge is 0.214 e. The summed E-state index contributed by atoms with van der Waals surface area (Å²) in [6.45, 7) is 0. The summed E-state index contributed by atoms with van der Waals surface area (Å²) >= 11 is 0. The third kappa shape index (κ3) is 1.35. The first kappa shape index (κ1) is 10.7. The number of aromatic nitrogens is 2. The number of hydrogen-bond donors (Lipinski definition) is 1. The van der Waals surface area contributed by atoms with Crippen LogP contribution in [0.15, 0.2) is 6.07 Å². The van der Waals surface area contributed by atoms with E-state index in [2.05, 4.69) is 9.78 Å². The van der Waals surface area contributed by atoms with Crippen LogP contribution in [0.2, 0.25) is 0 Å². The molecular formula is C14H21N3O. The molecule has 0 unspecified atom stereocenters. The summed E-state index contributed by atoms with van der Waals surface area (Å²) in [7, 11) is 1.72. The first-order valence-corrected chi connectivity index (χ1v) is 7.08. The van der Waals surface area contributed by atoms with Crippen molar-refractivity contribution in [3.63, 3.8) is 0 Å². The molecule has 5 rings (SSSR count). The van der Waals surface area contributed by atoms with Crippen LogP contribution in [0.4, 0.5) is 5.82 Å². The molecule has 4 aliphatic carbocycles. The van der Waals surface area contributed by atoms with E-state index in [1.54, 1.807) is 7.11 Å². The summed E-state index contributed by atoms with van der Waals surface area (Å²) < 4.78 is 7.59. The molecule has 1 aromatic heterocycles. The number of nitrogens with zero attached hydrogens (tertiary/aromatic N) is 2. The van der Waals surface area contributed by atoms with E-state index in [9.17, 15) is 0 Å². The minimum absolute atomic E-state index is 0.206. The standard InChI is InChI=1S/C14H21N3O/c1-18-13-5-12(15)16-17(13)14-6-9-2-10(7-14)4-11(3-9)8-14/h5,9-11H,2-4,6-8H2,1H3,(H2,15,16). The van der Waals surface area contributed by atoms with Gasteiger partial charge in [0.1, 0.15) is 5.82 Å². The van der Waals surface area contributed by atoms with Crippen LogP contribution in [0, 0.1) is 17.8 Å². The van der Waals surface area contributed by atoms with E-state index >= 15 is 0 Å². The molecular weight excluding hydrogens is 226 g/mol. The van der Waals surface area contributed by atoms with Gasteiger partial charge < -0.3 is 10.5 Å². The molecule has 4 saturated carbocycles. The predicted molar refractivity (Wildman–Crippen MR) is 69.3 cm³/mol. The number of ether oxygens (including phenoxy) is 1. The van der Waals surface area contributed by atoms with E-state index in [0.29, 0.717) is 5.82 Å². The topological polar surface area (TPSA) is 53.1 Å². The fourth-order valence-electron chi connectivity index (χ4n) is 5.19. The maximum absolute atomic E-state index is 5.86. The van der Waals surface area contributed by atoms with Crippen LogP contribution in [-0.2, 0) is 5.54 Å². The van der Waals surface area contributed by atoms with Crippen molar-refractivity contribution in [3.05, 3.63) is 6.07 Å². The molecule has 0 amide bonds. The molecule has 4 fully saturated rings. The van der Waals surface area contributed by atoms with Gasteiger partial charge >= 0.3 is 0 Å². The largest absolute Gasteiger partial charge is 0.481 e. The molecule has 0 aromatic carbocycles. The summed E-state index contributed by atoms with van der Waals surface area (Å²) in [5, 5.41) is 4.54. The SMILES string of the molecule is COc1cc(N)nn1C12CC3CC(CC(C3)C1)C2. The minimum Gasteiger partial charge on any atom is -0.481 e. The third-order valence-corrected chi connectivity index (χ3v) is 5.36. The number of anilines is 1. The molecule has 4 aliphatic rings. The van der Waals surface area contributed by atoms with Gasteiger partial charge in [0.25, 0.3) is 0 Å². The molecule has 0 radical (unpaired) electrons. The van der Waals surface area contributed by atoms with Crippen LogP contribution in [0.25, 0.3) is 0 Å². The summed E-state index contributed by atoms with van der Waals surface area (Å²) in [6.07, 6.45) is 8.15. The Hall–Kier alpha value is -1.19. The Kier molecular flexibility index (Phi) is 2.04. The maximum Gasteiger partial charge on any atom is 0.214 e. The second-order valence-electron chi connectivity index (χ2n) is 6.67. The van der Waals surface area contributed by atoms with Crippen LogP contribution in [0.5, 0.6) is 5.88 Å². The number of hydrogen-bond acceptors (Lipinski definition) is 3. The van der Waals surface area contributed by atoms with Gasteiger partial charge in [-0.25, -0.2) is 4.68 Å². The van der Waals surface area contributed by atoms with E-state index in [1.165, 1.54) is 38.5 Å². The van der Waals surface area contributed by atoms with Crippen molar-refractivity contribution in [3.8, 4) is 5.88 Å². The molecule has 4 heteroatoms. The van der Waals surface area contributed by atoms with Crippen LogP contribution >= 0.6 is 0 Å². The Morgan fingerprint density at radius 3 is 2.28 bits per heavy atom. The summed E-state index contributed by atoms with van der Waals surface area (Å²) in [6, 6.07) is 1.86. The monoisotopic (exact) mass is 247 g/mol. The normalized spacial score (nSPS) is 41.3. The zero-order valence-electron chi connectivity index (χ0n) is 10.9. The Morgan fingerprint density at radius 1 is 1.22 bits per heavy atom. The van der Waals surface area contributed by atoms with E-state index in [0.717, 1.165) is 23.6 Å². The third-order valence-electron chi connectivity index (χ3n) is 5.36. The van der Waals surface area contributed by atoms with Crippen molar-refractivity contribution in [2.24, 2.45) is 17.8 Å². The Morgan fingerprint density at radius 2 is 1.78 bits per heavy atom. The summed E-state index contributed by atoms with van der Waals surface area (Å²) in [4.78, 5) is 0. The lowest BCUT2D eigenvalue weighted by Crippen LogP contribution is -2.52. The molecule has 98 valence electrons. The van der Waals surface area contributed by atoms with Crippen LogP contribution in [0.1, 0.15) is 38.5 Å². The highest BCUT2D eigenvalue weighted by Gasteiger charge is 2.53. The zero-order valence-corrected chi connectivity index (χ0v) is 10.9. The molecule has 1 aromatic rings. The van der Waals surface area contributed by atoms with Gasteiger partial charge in [0.2, 0.25) is 5.88 Å². The second-order valence-corrected chi connectivity index (χ2v) is 6.67. The van der Waals surface area contributed by atoms with Gasteiger partial charge in [-0.2, -0.15) is 5.10 Å². The van der Waals surface area contributed by atoms with E-state index < -0.39 is 0 Å². The highest BCUT2D eigenvalue weighted by molar-refractivity contribution is 5.34. The van der Waals surface area contributed by atoms with Gasteiger partial charge in [-0.05, 0) is 56.3 Å². The number of rotatable bonds is 2. The highest BCUT2D eigenvalue weighted by Crippen LogP contribution is 2.59. The predicted octanol–water partition coefficient (Wildman–Crippen LogP) is 2.40. The van der Waals surface area contributed by atoms with E-state index in [1.807, 2.05) is 6.07 Å². The van der Waals surface area contributed by atoms with Gasteiger partial charge in [0, 0.05) is 6.07 Å². The Bertz CT molecular complexity index is 444. The van der Waals surface area contributed by atoms with Crippen molar-refractivity contribution in [1.29, 1.82) is 0 Å². The fraction of sp³-hybridized carbons (Fsp3) is 0.786. The second kappa shape index (κ2) is 3.43. The molecule has 0 spiro atoms. The average Bonchev–Trinajstić information content (AvgIpc) is 2.69. The van der Waals surface area contributed by atoms with Gasteiger partial charge in [-0.1, -0.05) is 0 Å².